The van der Waals surface area contributed by atoms with E-state index in [0.717, 1.165) is 17.8 Å². The van der Waals surface area contributed by atoms with Crippen LogP contribution in [-0.4, -0.2) is 19.5 Å². The van der Waals surface area contributed by atoms with Crippen LogP contribution in [-0.2, 0) is 4.74 Å². The molecule has 0 atom stereocenters. The first-order valence-corrected chi connectivity index (χ1v) is 5.00. The molecule has 0 amide bonds. The number of methoxy groups -OCH3 is 1. The second-order valence-corrected chi connectivity index (χ2v) is 3.73. The minimum atomic E-state index is -0.883. The number of hydrogen-bond donors (Lipinski definition) is 1. The van der Waals surface area contributed by atoms with E-state index in [1.807, 2.05) is 0 Å². The van der Waals surface area contributed by atoms with Crippen molar-refractivity contribution in [1.29, 1.82) is 0 Å². The lowest BCUT2D eigenvalue weighted by Gasteiger charge is -2.06. The zero-order chi connectivity index (χ0) is 10.6. The minimum Gasteiger partial charge on any atom is -0.398 e. The van der Waals surface area contributed by atoms with Gasteiger partial charge in [-0.3, -0.25) is 0 Å². The van der Waals surface area contributed by atoms with Gasteiger partial charge >= 0.3 is 0 Å². The van der Waals surface area contributed by atoms with Gasteiger partial charge < -0.3 is 10.5 Å². The van der Waals surface area contributed by atoms with Gasteiger partial charge in [0.25, 0.3) is 0 Å². The van der Waals surface area contributed by atoms with E-state index in [1.54, 1.807) is 7.11 Å². The standard InChI is InChI=1S/C9H11F2NOS/c1-13-4-5-14-9-7(12)3-2-6(10)8(9)11/h2-3H,4-5,12H2,1H3. The van der Waals surface area contributed by atoms with E-state index in [4.69, 9.17) is 10.5 Å². The molecule has 1 rings (SSSR count). The molecule has 0 heterocycles. The number of benzene rings is 1. The van der Waals surface area contributed by atoms with E-state index in [0.29, 0.717) is 12.4 Å². The van der Waals surface area contributed by atoms with E-state index >= 15 is 0 Å². The molecule has 1 aromatic rings. The first kappa shape index (κ1) is 11.3. The van der Waals surface area contributed by atoms with Crippen molar-refractivity contribution < 1.29 is 13.5 Å². The molecule has 0 saturated heterocycles. The number of halogens is 2. The highest BCUT2D eigenvalue weighted by Gasteiger charge is 2.11. The van der Waals surface area contributed by atoms with Crippen LogP contribution in [0.5, 0.6) is 0 Å². The Bertz CT molecular complexity index is 320. The molecule has 0 aliphatic heterocycles. The maximum atomic E-state index is 13.2. The predicted octanol–water partition coefficient (Wildman–Crippen LogP) is 2.29. The van der Waals surface area contributed by atoms with Crippen LogP contribution in [0.25, 0.3) is 0 Å². The van der Waals surface area contributed by atoms with Gasteiger partial charge in [0.1, 0.15) is 0 Å². The largest absolute Gasteiger partial charge is 0.398 e. The number of anilines is 1. The number of thioether (sulfide) groups is 1. The zero-order valence-corrected chi connectivity index (χ0v) is 8.54. The van der Waals surface area contributed by atoms with Crippen LogP contribution in [0.3, 0.4) is 0 Å². The molecule has 0 aliphatic rings. The smallest absolute Gasteiger partial charge is 0.174 e. The summed E-state index contributed by atoms with van der Waals surface area (Å²) < 4.78 is 30.8. The van der Waals surface area contributed by atoms with Crippen LogP contribution >= 0.6 is 11.8 Å². The topological polar surface area (TPSA) is 35.2 Å². The molecule has 0 spiro atoms. The van der Waals surface area contributed by atoms with Crippen LogP contribution in [0, 0.1) is 11.6 Å². The summed E-state index contributed by atoms with van der Waals surface area (Å²) in [5.74, 6) is -1.22. The van der Waals surface area contributed by atoms with Crippen molar-refractivity contribution in [3.05, 3.63) is 23.8 Å². The highest BCUT2D eigenvalue weighted by molar-refractivity contribution is 7.99. The maximum absolute atomic E-state index is 13.2. The summed E-state index contributed by atoms with van der Waals surface area (Å²) >= 11 is 1.15. The average Bonchev–Trinajstić information content (AvgIpc) is 2.18. The molecular weight excluding hydrogens is 208 g/mol. The lowest BCUT2D eigenvalue weighted by molar-refractivity contribution is 0.218. The minimum absolute atomic E-state index is 0.155. The first-order valence-electron chi connectivity index (χ1n) is 4.02. The molecular formula is C9H11F2NOS. The fourth-order valence-electron chi connectivity index (χ4n) is 0.921. The van der Waals surface area contributed by atoms with Gasteiger partial charge in [-0.2, -0.15) is 0 Å². The molecule has 0 saturated carbocycles. The van der Waals surface area contributed by atoms with Gasteiger partial charge in [-0.05, 0) is 12.1 Å². The van der Waals surface area contributed by atoms with Gasteiger partial charge in [0.2, 0.25) is 0 Å². The quantitative estimate of drug-likeness (QED) is 0.479. The van der Waals surface area contributed by atoms with Crippen molar-refractivity contribution >= 4 is 17.4 Å². The molecule has 0 fully saturated rings. The van der Waals surface area contributed by atoms with Crippen molar-refractivity contribution in [3.63, 3.8) is 0 Å². The van der Waals surface area contributed by atoms with Crippen LogP contribution in [0.1, 0.15) is 0 Å². The Labute approximate surface area is 85.4 Å². The van der Waals surface area contributed by atoms with Crippen molar-refractivity contribution in [2.75, 3.05) is 25.2 Å². The monoisotopic (exact) mass is 219 g/mol. The lowest BCUT2D eigenvalue weighted by atomic mass is 10.3. The SMILES string of the molecule is COCCSc1c(N)ccc(F)c1F. The van der Waals surface area contributed by atoms with Gasteiger partial charge in [0, 0.05) is 18.6 Å². The molecule has 0 bridgehead atoms. The number of ether oxygens (including phenoxy) is 1. The maximum Gasteiger partial charge on any atom is 0.174 e. The number of nitrogen functional groups attached to an aromatic ring is 1. The Balaban J connectivity index is 2.79. The number of hydrogen-bond acceptors (Lipinski definition) is 3. The van der Waals surface area contributed by atoms with Crippen molar-refractivity contribution in [2.45, 2.75) is 4.90 Å². The molecule has 14 heavy (non-hydrogen) atoms. The van der Waals surface area contributed by atoms with Gasteiger partial charge in [0.05, 0.1) is 11.5 Å². The molecule has 2 nitrogen and oxygen atoms in total. The normalized spacial score (nSPS) is 10.5. The lowest BCUT2D eigenvalue weighted by Crippen LogP contribution is -1.98. The van der Waals surface area contributed by atoms with Crippen LogP contribution in [0.15, 0.2) is 17.0 Å². The number of rotatable bonds is 4. The van der Waals surface area contributed by atoms with E-state index < -0.39 is 11.6 Å². The van der Waals surface area contributed by atoms with Crippen molar-refractivity contribution in [3.8, 4) is 0 Å². The van der Waals surface area contributed by atoms with Gasteiger partial charge in [-0.15, -0.1) is 11.8 Å². The van der Waals surface area contributed by atoms with Gasteiger partial charge in [0.15, 0.2) is 11.6 Å². The van der Waals surface area contributed by atoms with Crippen molar-refractivity contribution in [1.82, 2.24) is 0 Å². The Morgan fingerprint density at radius 1 is 1.43 bits per heavy atom. The third kappa shape index (κ3) is 2.59. The third-order valence-electron chi connectivity index (χ3n) is 1.61. The molecule has 78 valence electrons. The molecule has 5 heteroatoms. The molecule has 0 radical (unpaired) electrons. The summed E-state index contributed by atoms with van der Waals surface area (Å²) in [6, 6.07) is 2.37. The fraction of sp³-hybridized carbons (Fsp3) is 0.333. The van der Waals surface area contributed by atoms with Crippen LogP contribution in [0.2, 0.25) is 0 Å². The second-order valence-electron chi connectivity index (χ2n) is 2.62. The summed E-state index contributed by atoms with van der Waals surface area (Å²) in [4.78, 5) is 0.155. The van der Waals surface area contributed by atoms with E-state index in [1.165, 1.54) is 6.07 Å². The predicted molar refractivity (Wildman–Crippen MR) is 53.4 cm³/mol. The van der Waals surface area contributed by atoms with Crippen LogP contribution in [0.4, 0.5) is 14.5 Å². The summed E-state index contributed by atoms with van der Waals surface area (Å²) in [5, 5.41) is 0. The summed E-state index contributed by atoms with van der Waals surface area (Å²) in [5.41, 5.74) is 5.76. The Morgan fingerprint density at radius 2 is 2.14 bits per heavy atom. The Kier molecular flexibility index (Phi) is 4.16. The van der Waals surface area contributed by atoms with E-state index in [9.17, 15) is 8.78 Å². The molecule has 0 aliphatic carbocycles. The highest BCUT2D eigenvalue weighted by atomic mass is 32.2. The molecule has 1 aromatic carbocycles. The molecule has 0 unspecified atom stereocenters. The number of nitrogens with two attached hydrogens (primary N) is 1. The highest BCUT2D eigenvalue weighted by Crippen LogP contribution is 2.29. The van der Waals surface area contributed by atoms with Gasteiger partial charge in [-0.1, -0.05) is 0 Å². The second kappa shape index (κ2) is 5.17. The molecule has 2 N–H and O–H groups in total. The summed E-state index contributed by atoms with van der Waals surface area (Å²) in [6.07, 6.45) is 0. The zero-order valence-electron chi connectivity index (χ0n) is 7.72. The fourth-order valence-corrected chi connectivity index (χ4v) is 1.83. The summed E-state index contributed by atoms with van der Waals surface area (Å²) in [6.45, 7) is 0.472. The Hall–Kier alpha value is -0.810. The van der Waals surface area contributed by atoms with E-state index in [-0.39, 0.29) is 10.6 Å². The van der Waals surface area contributed by atoms with Crippen LogP contribution < -0.4 is 5.73 Å². The first-order chi connectivity index (χ1) is 6.66. The molecule has 0 aromatic heterocycles. The van der Waals surface area contributed by atoms with Gasteiger partial charge in [-0.25, -0.2) is 8.78 Å². The average molecular weight is 219 g/mol. The third-order valence-corrected chi connectivity index (χ3v) is 2.69. The van der Waals surface area contributed by atoms with Crippen molar-refractivity contribution in [2.24, 2.45) is 0 Å². The summed E-state index contributed by atoms with van der Waals surface area (Å²) in [7, 11) is 1.55. The Morgan fingerprint density at radius 3 is 2.79 bits per heavy atom. The van der Waals surface area contributed by atoms with E-state index in [2.05, 4.69) is 0 Å².